The Balaban J connectivity index is 0.00000196. The quantitative estimate of drug-likeness (QED) is 0.733. The van der Waals surface area contributed by atoms with Crippen molar-refractivity contribution < 1.29 is 14.6 Å². The fourth-order valence-electron chi connectivity index (χ4n) is 1.12. The molecule has 3 N–H and O–H groups in total. The third-order valence-corrected chi connectivity index (χ3v) is 1.90. The van der Waals surface area contributed by atoms with Crippen LogP contribution in [-0.2, 0) is 16.0 Å². The zero-order valence-electron chi connectivity index (χ0n) is 7.93. The second-order valence-corrected chi connectivity index (χ2v) is 3.00. The Morgan fingerprint density at radius 2 is 2.00 bits per heavy atom. The van der Waals surface area contributed by atoms with Gasteiger partial charge in [-0.2, -0.15) is 0 Å². The van der Waals surface area contributed by atoms with Crippen LogP contribution in [0.25, 0.3) is 0 Å². The van der Waals surface area contributed by atoms with E-state index in [4.69, 9.17) is 10.8 Å². The predicted molar refractivity (Wildman–Crippen MR) is 58.5 cm³/mol. The number of methoxy groups -OCH3 is 1. The molecule has 0 aliphatic heterocycles. The van der Waals surface area contributed by atoms with Gasteiger partial charge in [0, 0.05) is 0 Å². The van der Waals surface area contributed by atoms with Crippen molar-refractivity contribution >= 4 is 5.97 Å². The summed E-state index contributed by atoms with van der Waals surface area (Å²) in [5.74, 6) is -0.238. The van der Waals surface area contributed by atoms with Crippen molar-refractivity contribution in [3.8, 4) is 5.75 Å². The molecule has 0 aliphatic rings. The Hall–Kier alpha value is -1.55. The van der Waals surface area contributed by atoms with Crippen LogP contribution in [-0.4, -0.2) is 24.2 Å². The van der Waals surface area contributed by atoms with Crippen LogP contribution in [0.3, 0.4) is 0 Å². The molecule has 0 saturated heterocycles. The van der Waals surface area contributed by atoms with E-state index in [-0.39, 0.29) is 13.2 Å². The van der Waals surface area contributed by atoms with Crippen molar-refractivity contribution in [2.75, 3.05) is 7.11 Å². The van der Waals surface area contributed by atoms with Crippen molar-refractivity contribution in [1.82, 2.24) is 0 Å². The molecule has 0 saturated carbocycles. The van der Waals surface area contributed by atoms with Crippen LogP contribution in [0.4, 0.5) is 0 Å². The van der Waals surface area contributed by atoms with Gasteiger partial charge in [0.15, 0.2) is 0 Å². The van der Waals surface area contributed by atoms with Gasteiger partial charge in [-0.25, -0.2) is 0 Å². The highest BCUT2D eigenvalue weighted by Gasteiger charge is 2.13. The van der Waals surface area contributed by atoms with Crippen LogP contribution in [0, 0.1) is 0 Å². The van der Waals surface area contributed by atoms with E-state index in [9.17, 15) is 4.79 Å². The molecule has 1 rings (SSSR count). The Morgan fingerprint density at radius 3 is 2.47 bits per heavy atom. The van der Waals surface area contributed by atoms with E-state index in [2.05, 4.69) is 4.74 Å². The third-order valence-electron chi connectivity index (χ3n) is 1.90. The molecule has 4 heteroatoms. The largest absolute Gasteiger partial charge is 0.508 e. The molecule has 1 unspecified atom stereocenters. The number of carbonyl (C=O) groups excluding carboxylic acids is 1. The summed E-state index contributed by atoms with van der Waals surface area (Å²) in [7, 11) is 1.30. The summed E-state index contributed by atoms with van der Waals surface area (Å²) < 4.78 is 4.49. The lowest BCUT2D eigenvalue weighted by Crippen LogP contribution is -2.33. The van der Waals surface area contributed by atoms with Gasteiger partial charge in [0.1, 0.15) is 11.8 Å². The van der Waals surface area contributed by atoms with Crippen LogP contribution in [0.2, 0.25) is 0 Å². The molecule has 0 heterocycles. The van der Waals surface area contributed by atoms with Crippen LogP contribution >= 0.6 is 0 Å². The average molecular weight is 211 g/mol. The van der Waals surface area contributed by atoms with Gasteiger partial charge in [-0.3, -0.25) is 4.79 Å². The van der Waals surface area contributed by atoms with Gasteiger partial charge in [-0.15, -0.1) is 0 Å². The van der Waals surface area contributed by atoms with Crippen molar-refractivity contribution in [2.45, 2.75) is 19.9 Å². The number of nitrogens with two attached hydrogens (primary N) is 1. The van der Waals surface area contributed by atoms with Crippen LogP contribution in [0.1, 0.15) is 13.0 Å². The van der Waals surface area contributed by atoms with E-state index < -0.39 is 12.0 Å². The van der Waals surface area contributed by atoms with Crippen LogP contribution in [0.15, 0.2) is 24.3 Å². The molecular weight excluding hydrogens is 194 g/mol. The zero-order valence-corrected chi connectivity index (χ0v) is 7.93. The summed E-state index contributed by atoms with van der Waals surface area (Å²) >= 11 is 0. The first kappa shape index (κ1) is 13.4. The van der Waals surface area contributed by atoms with Gasteiger partial charge >= 0.3 is 5.97 Å². The van der Waals surface area contributed by atoms with Gasteiger partial charge in [-0.1, -0.05) is 19.6 Å². The lowest BCUT2D eigenvalue weighted by Gasteiger charge is -2.08. The summed E-state index contributed by atoms with van der Waals surface area (Å²) in [5, 5.41) is 9.02. The summed E-state index contributed by atoms with van der Waals surface area (Å²) in [6.45, 7) is 0. The maximum absolute atomic E-state index is 11.0. The van der Waals surface area contributed by atoms with E-state index in [1.165, 1.54) is 7.11 Å². The molecule has 0 amide bonds. The van der Waals surface area contributed by atoms with Crippen LogP contribution in [0.5, 0.6) is 5.75 Å². The number of esters is 1. The van der Waals surface area contributed by atoms with Crippen molar-refractivity contribution in [1.29, 1.82) is 0 Å². The topological polar surface area (TPSA) is 72.5 Å². The zero-order chi connectivity index (χ0) is 10.6. The molecule has 4 nitrogen and oxygen atoms in total. The second-order valence-electron chi connectivity index (χ2n) is 3.00. The van der Waals surface area contributed by atoms with Gasteiger partial charge < -0.3 is 15.6 Å². The smallest absolute Gasteiger partial charge is 0.322 e. The van der Waals surface area contributed by atoms with E-state index in [1.54, 1.807) is 24.3 Å². The first-order valence-electron chi connectivity index (χ1n) is 4.25. The first-order chi connectivity index (χ1) is 6.63. The summed E-state index contributed by atoms with van der Waals surface area (Å²) in [6, 6.07) is 5.90. The van der Waals surface area contributed by atoms with E-state index >= 15 is 0 Å². The van der Waals surface area contributed by atoms with Gasteiger partial charge in [-0.05, 0) is 24.1 Å². The highest BCUT2D eigenvalue weighted by Crippen LogP contribution is 2.10. The molecule has 0 bridgehead atoms. The molecule has 1 aromatic rings. The van der Waals surface area contributed by atoms with Crippen molar-refractivity contribution in [3.63, 3.8) is 0 Å². The second kappa shape index (κ2) is 6.03. The summed E-state index contributed by atoms with van der Waals surface area (Å²) in [4.78, 5) is 11.0. The number of phenolic OH excluding ortho intramolecular Hbond substituents is 1. The van der Waals surface area contributed by atoms with Gasteiger partial charge in [0.25, 0.3) is 0 Å². The highest BCUT2D eigenvalue weighted by atomic mass is 16.5. The molecule has 0 aromatic heterocycles. The first-order valence-corrected chi connectivity index (χ1v) is 4.25. The monoisotopic (exact) mass is 211 g/mol. The SMILES string of the molecule is C.COC(=O)C(N)Cc1ccc(O)cc1. The van der Waals surface area contributed by atoms with Crippen molar-refractivity contribution in [3.05, 3.63) is 29.8 Å². The number of carbonyl (C=O) groups is 1. The number of ether oxygens (including phenoxy) is 1. The Bertz CT molecular complexity index is 308. The predicted octanol–water partition coefficient (Wildman–Crippen LogP) is 1.07. The Morgan fingerprint density at radius 1 is 1.47 bits per heavy atom. The normalized spacial score (nSPS) is 11.3. The Labute approximate surface area is 89.7 Å². The number of hydrogen-bond donors (Lipinski definition) is 2. The number of benzene rings is 1. The number of hydrogen-bond acceptors (Lipinski definition) is 4. The highest BCUT2D eigenvalue weighted by molar-refractivity contribution is 5.75. The standard InChI is InChI=1S/C10H13NO3.CH4/c1-14-10(13)9(11)6-7-2-4-8(12)5-3-7;/h2-5,9,12H,6,11H2,1H3;1H4. The van der Waals surface area contributed by atoms with Gasteiger partial charge in [0.05, 0.1) is 7.11 Å². The lowest BCUT2D eigenvalue weighted by atomic mass is 10.1. The summed E-state index contributed by atoms with van der Waals surface area (Å²) in [6.07, 6.45) is 0.410. The maximum atomic E-state index is 11.0. The fourth-order valence-corrected chi connectivity index (χ4v) is 1.12. The average Bonchev–Trinajstić information content (AvgIpc) is 2.20. The minimum absolute atomic E-state index is 0. The molecule has 84 valence electrons. The van der Waals surface area contributed by atoms with Crippen molar-refractivity contribution in [2.24, 2.45) is 5.73 Å². The number of rotatable bonds is 3. The third kappa shape index (κ3) is 3.99. The molecule has 1 atom stereocenters. The van der Waals surface area contributed by atoms with Gasteiger partial charge in [0.2, 0.25) is 0 Å². The Kier molecular flexibility index (Phi) is 5.41. The van der Waals surface area contributed by atoms with Crippen LogP contribution < -0.4 is 5.73 Å². The molecule has 0 spiro atoms. The van der Waals surface area contributed by atoms with E-state index in [0.29, 0.717) is 6.42 Å². The molecule has 0 radical (unpaired) electrons. The minimum atomic E-state index is -0.649. The minimum Gasteiger partial charge on any atom is -0.508 e. The molecule has 0 aliphatic carbocycles. The molecule has 1 aromatic carbocycles. The number of phenols is 1. The molecule has 0 fully saturated rings. The van der Waals surface area contributed by atoms with E-state index in [1.807, 2.05) is 0 Å². The molecule has 15 heavy (non-hydrogen) atoms. The van der Waals surface area contributed by atoms with E-state index in [0.717, 1.165) is 5.56 Å². The lowest BCUT2D eigenvalue weighted by molar-refractivity contribution is -0.142. The number of aromatic hydroxyl groups is 1. The molecular formula is C11H17NO3. The maximum Gasteiger partial charge on any atom is 0.322 e. The summed E-state index contributed by atoms with van der Waals surface area (Å²) in [5.41, 5.74) is 6.45. The fraction of sp³-hybridized carbons (Fsp3) is 0.364.